The molecule has 0 unspecified atom stereocenters. The highest BCUT2D eigenvalue weighted by atomic mass is 35.5. The Bertz CT molecular complexity index is 809. The second kappa shape index (κ2) is 7.44. The largest absolute Gasteiger partial charge is 0.496 e. The number of pyridine rings is 1. The normalized spacial score (nSPS) is 10.0. The van der Waals surface area contributed by atoms with Gasteiger partial charge in [-0.25, -0.2) is 4.39 Å². The zero-order chi connectivity index (χ0) is 15.5. The van der Waals surface area contributed by atoms with Crippen molar-refractivity contribution in [3.63, 3.8) is 0 Å². The van der Waals surface area contributed by atoms with Crippen molar-refractivity contribution in [1.29, 1.82) is 0 Å². The highest BCUT2D eigenvalue weighted by Gasteiger charge is 2.10. The Morgan fingerprint density at radius 1 is 0.913 bits per heavy atom. The molecule has 2 nitrogen and oxygen atoms in total. The maximum Gasteiger partial charge on any atom is 0.141 e. The van der Waals surface area contributed by atoms with Gasteiger partial charge in [0.25, 0.3) is 0 Å². The molecule has 0 aliphatic heterocycles. The molecule has 0 aliphatic carbocycles. The molecule has 0 radical (unpaired) electrons. The van der Waals surface area contributed by atoms with Crippen molar-refractivity contribution in [3.8, 4) is 28.0 Å². The number of benzene rings is 2. The van der Waals surface area contributed by atoms with Crippen LogP contribution in [0.25, 0.3) is 22.3 Å². The molecular weight excluding hydrogens is 336 g/mol. The van der Waals surface area contributed by atoms with E-state index in [9.17, 15) is 4.39 Å². The van der Waals surface area contributed by atoms with Gasteiger partial charge in [0.15, 0.2) is 0 Å². The van der Waals surface area contributed by atoms with Crippen molar-refractivity contribution < 1.29 is 9.13 Å². The summed E-state index contributed by atoms with van der Waals surface area (Å²) in [6.07, 6.45) is 3.49. The molecule has 2 aromatic carbocycles. The van der Waals surface area contributed by atoms with Crippen LogP contribution in [0.1, 0.15) is 0 Å². The van der Waals surface area contributed by atoms with E-state index in [0.717, 1.165) is 22.3 Å². The molecule has 0 bridgehead atoms. The number of ether oxygens (including phenoxy) is 1. The number of methoxy groups -OCH3 is 1. The highest BCUT2D eigenvalue weighted by Crippen LogP contribution is 2.35. The predicted octanol–water partition coefficient (Wildman–Crippen LogP) is 5.64. The molecule has 118 valence electrons. The van der Waals surface area contributed by atoms with Gasteiger partial charge in [-0.15, -0.1) is 12.4 Å². The van der Waals surface area contributed by atoms with Gasteiger partial charge in [0, 0.05) is 18.0 Å². The van der Waals surface area contributed by atoms with Gasteiger partial charge in [-0.1, -0.05) is 23.7 Å². The topological polar surface area (TPSA) is 22.1 Å². The Balaban J connectivity index is 0.00000192. The molecule has 3 aromatic rings. The van der Waals surface area contributed by atoms with E-state index in [-0.39, 0.29) is 17.4 Å². The van der Waals surface area contributed by atoms with Crippen LogP contribution in [-0.4, -0.2) is 12.1 Å². The summed E-state index contributed by atoms with van der Waals surface area (Å²) < 4.78 is 18.8. The first-order valence-corrected chi connectivity index (χ1v) is 7.10. The van der Waals surface area contributed by atoms with Gasteiger partial charge in [0.2, 0.25) is 0 Å². The van der Waals surface area contributed by atoms with Crippen LogP contribution < -0.4 is 4.74 Å². The van der Waals surface area contributed by atoms with Gasteiger partial charge < -0.3 is 4.74 Å². The summed E-state index contributed by atoms with van der Waals surface area (Å²) in [5.74, 6) is 0.273. The molecule has 0 aliphatic rings. The van der Waals surface area contributed by atoms with E-state index in [1.54, 1.807) is 31.6 Å². The minimum atomic E-state index is -0.435. The molecule has 23 heavy (non-hydrogen) atoms. The summed E-state index contributed by atoms with van der Waals surface area (Å²) in [5.41, 5.74) is 3.74. The van der Waals surface area contributed by atoms with E-state index in [1.807, 2.05) is 30.3 Å². The minimum absolute atomic E-state index is 0. The molecule has 0 amide bonds. The van der Waals surface area contributed by atoms with E-state index in [4.69, 9.17) is 16.3 Å². The molecule has 5 heteroatoms. The summed E-state index contributed by atoms with van der Waals surface area (Å²) >= 11 is 5.89. The summed E-state index contributed by atoms with van der Waals surface area (Å²) in [6.45, 7) is 0. The van der Waals surface area contributed by atoms with Crippen LogP contribution in [0.2, 0.25) is 5.02 Å². The number of aromatic nitrogens is 1. The van der Waals surface area contributed by atoms with Crippen LogP contribution in [-0.2, 0) is 0 Å². The van der Waals surface area contributed by atoms with E-state index in [0.29, 0.717) is 5.75 Å². The van der Waals surface area contributed by atoms with Crippen molar-refractivity contribution in [1.82, 2.24) is 4.98 Å². The lowest BCUT2D eigenvalue weighted by Crippen LogP contribution is -1.90. The SMILES string of the molecule is COc1ccc(-c2ccncc2)cc1-c1ccc(F)c(Cl)c1.Cl. The zero-order valence-electron chi connectivity index (χ0n) is 12.3. The smallest absolute Gasteiger partial charge is 0.141 e. The predicted molar refractivity (Wildman–Crippen MR) is 93.9 cm³/mol. The number of rotatable bonds is 3. The molecule has 0 fully saturated rings. The highest BCUT2D eigenvalue weighted by molar-refractivity contribution is 6.31. The Morgan fingerprint density at radius 3 is 2.26 bits per heavy atom. The van der Waals surface area contributed by atoms with Crippen LogP contribution in [0.15, 0.2) is 60.9 Å². The van der Waals surface area contributed by atoms with Crippen LogP contribution in [0.4, 0.5) is 4.39 Å². The third-order valence-corrected chi connectivity index (χ3v) is 3.73. The van der Waals surface area contributed by atoms with Gasteiger partial charge in [0.1, 0.15) is 11.6 Å². The standard InChI is InChI=1S/C18H13ClFNO.ClH/c1-22-18-5-3-13(12-6-8-21-9-7-12)10-15(18)14-2-4-17(20)16(19)11-14;/h2-11H,1H3;1H. The monoisotopic (exact) mass is 349 g/mol. The van der Waals surface area contributed by atoms with Crippen LogP contribution >= 0.6 is 24.0 Å². The van der Waals surface area contributed by atoms with Crippen molar-refractivity contribution >= 4 is 24.0 Å². The summed E-state index contributed by atoms with van der Waals surface area (Å²) in [7, 11) is 1.61. The van der Waals surface area contributed by atoms with Crippen molar-refractivity contribution in [2.45, 2.75) is 0 Å². The van der Waals surface area contributed by atoms with E-state index in [2.05, 4.69) is 4.98 Å². The first-order valence-electron chi connectivity index (χ1n) is 6.73. The van der Waals surface area contributed by atoms with Gasteiger partial charge in [-0.05, 0) is 53.1 Å². The fourth-order valence-electron chi connectivity index (χ4n) is 2.32. The van der Waals surface area contributed by atoms with Crippen LogP contribution in [0.5, 0.6) is 5.75 Å². The average molecular weight is 350 g/mol. The molecule has 1 heterocycles. The lowest BCUT2D eigenvalue weighted by molar-refractivity contribution is 0.416. The van der Waals surface area contributed by atoms with Gasteiger partial charge >= 0.3 is 0 Å². The first kappa shape index (κ1) is 17.3. The number of halogens is 3. The van der Waals surface area contributed by atoms with Crippen molar-refractivity contribution in [3.05, 3.63) is 71.8 Å². The first-order chi connectivity index (χ1) is 10.7. The number of nitrogens with zero attached hydrogens (tertiary/aromatic N) is 1. The quantitative estimate of drug-likeness (QED) is 0.610. The van der Waals surface area contributed by atoms with E-state index >= 15 is 0 Å². The van der Waals surface area contributed by atoms with Crippen LogP contribution in [0, 0.1) is 5.82 Å². The molecule has 0 atom stereocenters. The molecule has 0 saturated heterocycles. The third-order valence-electron chi connectivity index (χ3n) is 3.44. The fourth-order valence-corrected chi connectivity index (χ4v) is 2.50. The van der Waals surface area contributed by atoms with Crippen molar-refractivity contribution in [2.24, 2.45) is 0 Å². The summed E-state index contributed by atoms with van der Waals surface area (Å²) in [5, 5.41) is 0.0915. The lowest BCUT2D eigenvalue weighted by atomic mass is 9.98. The third kappa shape index (κ3) is 3.63. The molecule has 0 saturated carbocycles. The zero-order valence-corrected chi connectivity index (χ0v) is 13.9. The second-order valence-electron chi connectivity index (χ2n) is 4.78. The Labute approximate surface area is 145 Å². The Kier molecular flexibility index (Phi) is 5.59. The maximum atomic E-state index is 13.4. The molecule has 1 aromatic heterocycles. The summed E-state index contributed by atoms with van der Waals surface area (Å²) in [4.78, 5) is 4.02. The van der Waals surface area contributed by atoms with Gasteiger partial charge in [0.05, 0.1) is 12.1 Å². The Hall–Kier alpha value is -2.10. The van der Waals surface area contributed by atoms with Gasteiger partial charge in [-0.2, -0.15) is 0 Å². The second-order valence-corrected chi connectivity index (χ2v) is 5.19. The van der Waals surface area contributed by atoms with E-state index < -0.39 is 5.82 Å². The maximum absolute atomic E-state index is 13.4. The number of hydrogen-bond donors (Lipinski definition) is 0. The number of hydrogen-bond acceptors (Lipinski definition) is 2. The Morgan fingerprint density at radius 2 is 1.61 bits per heavy atom. The van der Waals surface area contributed by atoms with Gasteiger partial charge in [-0.3, -0.25) is 4.98 Å². The van der Waals surface area contributed by atoms with Crippen molar-refractivity contribution in [2.75, 3.05) is 7.11 Å². The lowest BCUT2D eigenvalue weighted by Gasteiger charge is -2.12. The minimum Gasteiger partial charge on any atom is -0.496 e. The molecule has 3 rings (SSSR count). The fraction of sp³-hybridized carbons (Fsp3) is 0.0556. The van der Waals surface area contributed by atoms with Crippen LogP contribution in [0.3, 0.4) is 0 Å². The molecule has 0 N–H and O–H groups in total. The molecule has 0 spiro atoms. The average Bonchev–Trinajstić information content (AvgIpc) is 2.57. The molecular formula is C18H14Cl2FNO. The summed E-state index contributed by atoms with van der Waals surface area (Å²) in [6, 6.07) is 14.4. The van der Waals surface area contributed by atoms with E-state index in [1.165, 1.54) is 6.07 Å².